The number of carbonyl (C=O) groups excluding carboxylic acids is 1. The number of aliphatic carboxylic acids is 1. The quantitative estimate of drug-likeness (QED) is 0.728. The molecule has 0 heterocycles. The molecular formula is C17H23NO4. The number of hydrogen-bond donors (Lipinski definition) is 3. The third-order valence-corrected chi connectivity index (χ3v) is 4.67. The molecule has 0 saturated heterocycles. The number of phenols is 1. The molecule has 0 spiro atoms. The second kappa shape index (κ2) is 6.81. The molecule has 5 heteroatoms. The molecule has 1 amide bonds. The summed E-state index contributed by atoms with van der Waals surface area (Å²) in [6.07, 6.45) is 4.87. The van der Waals surface area contributed by atoms with Gasteiger partial charge in [0, 0.05) is 5.69 Å². The van der Waals surface area contributed by atoms with Crippen molar-refractivity contribution in [1.29, 1.82) is 0 Å². The summed E-state index contributed by atoms with van der Waals surface area (Å²) in [6, 6.07) is 6.19. The number of carboxylic acids is 1. The van der Waals surface area contributed by atoms with Gasteiger partial charge in [0.15, 0.2) is 0 Å². The fraction of sp³-hybridized carbons (Fsp3) is 0.529. The maximum Gasteiger partial charge on any atom is 0.304 e. The summed E-state index contributed by atoms with van der Waals surface area (Å²) in [5.74, 6) is -0.991. The Kier molecular flexibility index (Phi) is 5.06. The van der Waals surface area contributed by atoms with Crippen LogP contribution in [0.4, 0.5) is 5.69 Å². The van der Waals surface area contributed by atoms with E-state index in [4.69, 9.17) is 0 Å². The molecule has 120 valence electrons. The minimum Gasteiger partial charge on any atom is -0.508 e. The van der Waals surface area contributed by atoms with Gasteiger partial charge in [0.05, 0.1) is 11.8 Å². The summed E-state index contributed by atoms with van der Waals surface area (Å²) >= 11 is 0. The molecule has 3 N–H and O–H groups in total. The fourth-order valence-corrected chi connectivity index (χ4v) is 3.28. The predicted molar refractivity (Wildman–Crippen MR) is 83.7 cm³/mol. The van der Waals surface area contributed by atoms with Crippen LogP contribution in [0.25, 0.3) is 0 Å². The predicted octanol–water partition coefficient (Wildman–Crippen LogP) is 3.39. The van der Waals surface area contributed by atoms with Crippen LogP contribution in [-0.4, -0.2) is 22.1 Å². The smallest absolute Gasteiger partial charge is 0.304 e. The van der Waals surface area contributed by atoms with Crippen LogP contribution in [-0.2, 0) is 9.59 Å². The Hall–Kier alpha value is -2.04. The van der Waals surface area contributed by atoms with Gasteiger partial charge in [-0.25, -0.2) is 0 Å². The topological polar surface area (TPSA) is 86.6 Å². The van der Waals surface area contributed by atoms with Crippen LogP contribution in [0.1, 0.15) is 45.4 Å². The Morgan fingerprint density at radius 3 is 2.32 bits per heavy atom. The molecule has 1 aliphatic carbocycles. The first kappa shape index (κ1) is 16.3. The van der Waals surface area contributed by atoms with Gasteiger partial charge in [-0.1, -0.05) is 19.3 Å². The third-order valence-electron chi connectivity index (χ3n) is 4.67. The van der Waals surface area contributed by atoms with Crippen molar-refractivity contribution in [2.45, 2.75) is 45.4 Å². The number of nitrogens with one attached hydrogen (secondary N) is 1. The standard InChI is InChI=1S/C17H23NO4/c1-17(11-15(20)21,12-5-3-2-4-6-12)16(22)18-13-7-9-14(19)10-8-13/h7-10,12,19H,2-6,11H2,1H3,(H,18,22)(H,20,21). The Morgan fingerprint density at radius 1 is 1.18 bits per heavy atom. The molecular weight excluding hydrogens is 282 g/mol. The maximum absolute atomic E-state index is 12.7. The average Bonchev–Trinajstić information content (AvgIpc) is 2.49. The number of hydrogen-bond acceptors (Lipinski definition) is 3. The SMILES string of the molecule is CC(CC(=O)O)(C(=O)Nc1ccc(O)cc1)C1CCCCC1. The van der Waals surface area contributed by atoms with E-state index < -0.39 is 11.4 Å². The third kappa shape index (κ3) is 3.78. The molecule has 1 aromatic carbocycles. The van der Waals surface area contributed by atoms with Gasteiger partial charge in [-0.05, 0) is 49.9 Å². The van der Waals surface area contributed by atoms with Gasteiger partial charge < -0.3 is 15.5 Å². The van der Waals surface area contributed by atoms with E-state index in [2.05, 4.69) is 5.32 Å². The maximum atomic E-state index is 12.7. The van der Waals surface area contributed by atoms with Crippen molar-refractivity contribution in [3.8, 4) is 5.75 Å². The van der Waals surface area contributed by atoms with Crippen molar-refractivity contribution in [1.82, 2.24) is 0 Å². The molecule has 1 fully saturated rings. The molecule has 0 aliphatic heterocycles. The zero-order chi connectivity index (χ0) is 16.2. The lowest BCUT2D eigenvalue weighted by Gasteiger charge is -2.37. The van der Waals surface area contributed by atoms with Gasteiger partial charge in [-0.3, -0.25) is 9.59 Å². The largest absolute Gasteiger partial charge is 0.508 e. The number of aromatic hydroxyl groups is 1. The highest BCUT2D eigenvalue weighted by Crippen LogP contribution is 2.42. The summed E-state index contributed by atoms with van der Waals surface area (Å²) in [4.78, 5) is 24.0. The number of amides is 1. The molecule has 0 radical (unpaired) electrons. The van der Waals surface area contributed by atoms with Crippen LogP contribution < -0.4 is 5.32 Å². The van der Waals surface area contributed by atoms with E-state index in [9.17, 15) is 19.8 Å². The van der Waals surface area contributed by atoms with Crippen LogP contribution in [0.2, 0.25) is 0 Å². The van der Waals surface area contributed by atoms with Gasteiger partial charge in [-0.15, -0.1) is 0 Å². The Bertz CT molecular complexity index is 534. The first-order valence-corrected chi connectivity index (χ1v) is 7.74. The van der Waals surface area contributed by atoms with E-state index in [1.54, 1.807) is 19.1 Å². The molecule has 1 aromatic rings. The van der Waals surface area contributed by atoms with Crippen LogP contribution in [0.3, 0.4) is 0 Å². The van der Waals surface area contributed by atoms with Crippen molar-refractivity contribution >= 4 is 17.6 Å². The van der Waals surface area contributed by atoms with Crippen molar-refractivity contribution < 1.29 is 19.8 Å². The van der Waals surface area contributed by atoms with Crippen LogP contribution >= 0.6 is 0 Å². The van der Waals surface area contributed by atoms with E-state index in [0.29, 0.717) is 5.69 Å². The zero-order valence-electron chi connectivity index (χ0n) is 12.8. The Morgan fingerprint density at radius 2 is 1.77 bits per heavy atom. The van der Waals surface area contributed by atoms with E-state index in [1.807, 2.05) is 0 Å². The van der Waals surface area contributed by atoms with Crippen LogP contribution in [0.15, 0.2) is 24.3 Å². The highest BCUT2D eigenvalue weighted by atomic mass is 16.4. The minimum absolute atomic E-state index is 0.0921. The summed E-state index contributed by atoms with van der Waals surface area (Å²) in [5.41, 5.74) is -0.348. The van der Waals surface area contributed by atoms with Gasteiger partial charge in [0.25, 0.3) is 0 Å². The monoisotopic (exact) mass is 305 g/mol. The summed E-state index contributed by atoms with van der Waals surface area (Å²) in [6.45, 7) is 1.76. The minimum atomic E-state index is -0.950. The van der Waals surface area contributed by atoms with Crippen LogP contribution in [0, 0.1) is 11.3 Å². The highest BCUT2D eigenvalue weighted by Gasteiger charge is 2.43. The van der Waals surface area contributed by atoms with Gasteiger partial charge in [0.2, 0.25) is 5.91 Å². The number of anilines is 1. The second-order valence-corrected chi connectivity index (χ2v) is 6.32. The van der Waals surface area contributed by atoms with Gasteiger partial charge in [-0.2, -0.15) is 0 Å². The van der Waals surface area contributed by atoms with Crippen molar-refractivity contribution in [2.24, 2.45) is 11.3 Å². The van der Waals surface area contributed by atoms with E-state index in [0.717, 1.165) is 32.1 Å². The van der Waals surface area contributed by atoms with E-state index >= 15 is 0 Å². The lowest BCUT2D eigenvalue weighted by molar-refractivity contribution is -0.145. The van der Waals surface area contributed by atoms with Crippen molar-refractivity contribution in [3.05, 3.63) is 24.3 Å². The van der Waals surface area contributed by atoms with Crippen molar-refractivity contribution in [3.63, 3.8) is 0 Å². The average molecular weight is 305 g/mol. The molecule has 1 unspecified atom stereocenters. The fourth-order valence-electron chi connectivity index (χ4n) is 3.28. The van der Waals surface area contributed by atoms with Gasteiger partial charge in [0.1, 0.15) is 5.75 Å². The summed E-state index contributed by atoms with van der Waals surface area (Å²) in [7, 11) is 0. The molecule has 1 aliphatic rings. The molecule has 5 nitrogen and oxygen atoms in total. The first-order chi connectivity index (χ1) is 10.4. The molecule has 22 heavy (non-hydrogen) atoms. The molecule has 1 atom stereocenters. The Balaban J connectivity index is 2.17. The molecule has 2 rings (SSSR count). The number of phenolic OH excluding ortho intramolecular Hbond substituents is 1. The Labute approximate surface area is 130 Å². The van der Waals surface area contributed by atoms with Crippen LogP contribution in [0.5, 0.6) is 5.75 Å². The normalized spacial score (nSPS) is 18.4. The molecule has 1 saturated carbocycles. The van der Waals surface area contributed by atoms with Gasteiger partial charge >= 0.3 is 5.97 Å². The summed E-state index contributed by atoms with van der Waals surface area (Å²) in [5, 5.41) is 21.3. The lowest BCUT2D eigenvalue weighted by Crippen LogP contribution is -2.42. The highest BCUT2D eigenvalue weighted by molar-refractivity contribution is 5.97. The van der Waals surface area contributed by atoms with Crippen molar-refractivity contribution in [2.75, 3.05) is 5.32 Å². The number of carboxylic acid groups (broad SMARTS) is 1. The molecule has 0 aromatic heterocycles. The number of rotatable bonds is 5. The second-order valence-electron chi connectivity index (χ2n) is 6.32. The number of benzene rings is 1. The number of carbonyl (C=O) groups is 2. The molecule has 0 bridgehead atoms. The first-order valence-electron chi connectivity index (χ1n) is 7.74. The van der Waals surface area contributed by atoms with E-state index in [1.165, 1.54) is 12.1 Å². The zero-order valence-corrected chi connectivity index (χ0v) is 12.8. The lowest BCUT2D eigenvalue weighted by atomic mass is 9.67. The van der Waals surface area contributed by atoms with E-state index in [-0.39, 0.29) is 24.0 Å². The summed E-state index contributed by atoms with van der Waals surface area (Å²) < 4.78 is 0.